The zero-order valence-electron chi connectivity index (χ0n) is 17.9. The van der Waals surface area contributed by atoms with Crippen molar-refractivity contribution >= 4 is 29.1 Å². The molecule has 0 aliphatic rings. The van der Waals surface area contributed by atoms with E-state index in [0.29, 0.717) is 0 Å². The molecule has 0 amide bonds. The Bertz CT molecular complexity index is 1560. The van der Waals surface area contributed by atoms with Crippen LogP contribution in [0.15, 0.2) is 67.4 Å². The third-order valence-corrected chi connectivity index (χ3v) is 5.49. The summed E-state index contributed by atoms with van der Waals surface area (Å²) in [5.41, 5.74) is 7.96. The Kier molecular flexibility index (Phi) is 4.95. The first-order valence-corrected chi connectivity index (χ1v) is 10.3. The number of allylic oxidation sites excluding steroid dienone is 2. The molecule has 5 aromatic heterocycles. The van der Waals surface area contributed by atoms with Gasteiger partial charge in [-0.05, 0) is 67.0 Å². The number of aromatic amines is 2. The second-order valence-corrected chi connectivity index (χ2v) is 7.77. The Morgan fingerprint density at radius 3 is 2.66 bits per heavy atom. The third-order valence-electron chi connectivity index (χ3n) is 5.49. The highest BCUT2D eigenvalue weighted by atomic mass is 15.1. The van der Waals surface area contributed by atoms with Gasteiger partial charge in [0, 0.05) is 52.7 Å². The Labute approximate surface area is 185 Å². The van der Waals surface area contributed by atoms with Crippen LogP contribution >= 0.6 is 0 Å². The molecular weight excluding hydrogens is 396 g/mol. The fraction of sp³-hybridized carbons (Fsp3) is 0.0769. The fourth-order valence-electron chi connectivity index (χ4n) is 3.74. The van der Waals surface area contributed by atoms with Crippen molar-refractivity contribution in [2.24, 2.45) is 0 Å². The number of nitrogens with zero attached hydrogens (tertiary/aromatic N) is 4. The molecule has 0 aliphatic carbocycles. The summed E-state index contributed by atoms with van der Waals surface area (Å²) >= 11 is 0. The Hall–Kier alpha value is -4.32. The maximum atomic E-state index is 4.58. The third kappa shape index (κ3) is 3.63. The summed E-state index contributed by atoms with van der Waals surface area (Å²) in [6.45, 7) is 8.37. The molecule has 0 bridgehead atoms. The van der Waals surface area contributed by atoms with Crippen LogP contribution in [0.3, 0.4) is 0 Å². The van der Waals surface area contributed by atoms with Gasteiger partial charge in [-0.2, -0.15) is 5.10 Å². The highest BCUT2D eigenvalue weighted by molar-refractivity contribution is 5.95. The van der Waals surface area contributed by atoms with Crippen molar-refractivity contribution in [2.45, 2.75) is 13.8 Å². The van der Waals surface area contributed by atoms with E-state index < -0.39 is 0 Å². The van der Waals surface area contributed by atoms with Crippen LogP contribution in [0, 0.1) is 6.92 Å². The molecule has 0 aliphatic heterocycles. The smallest absolute Gasteiger partial charge is 0.116 e. The molecule has 0 fully saturated rings. The fourth-order valence-corrected chi connectivity index (χ4v) is 3.74. The van der Waals surface area contributed by atoms with Gasteiger partial charge in [-0.3, -0.25) is 20.1 Å². The summed E-state index contributed by atoms with van der Waals surface area (Å²) in [5, 5.41) is 10.4. The van der Waals surface area contributed by atoms with Crippen molar-refractivity contribution < 1.29 is 0 Å². The van der Waals surface area contributed by atoms with Crippen LogP contribution in [0.25, 0.3) is 51.8 Å². The minimum absolute atomic E-state index is 0.788. The molecule has 0 spiro atoms. The maximum absolute atomic E-state index is 4.58. The molecule has 5 rings (SSSR count). The van der Waals surface area contributed by atoms with Crippen molar-refractivity contribution in [2.75, 3.05) is 0 Å². The van der Waals surface area contributed by atoms with Gasteiger partial charge in [-0.1, -0.05) is 12.7 Å². The van der Waals surface area contributed by atoms with Gasteiger partial charge < -0.3 is 4.98 Å². The van der Waals surface area contributed by atoms with Gasteiger partial charge in [0.15, 0.2) is 0 Å². The van der Waals surface area contributed by atoms with Crippen molar-refractivity contribution in [1.82, 2.24) is 30.1 Å². The number of pyridine rings is 3. The van der Waals surface area contributed by atoms with Crippen molar-refractivity contribution in [3.63, 3.8) is 0 Å². The minimum atomic E-state index is 0.788. The quantitative estimate of drug-likeness (QED) is 0.462. The molecule has 0 saturated heterocycles. The molecule has 6 heteroatoms. The predicted octanol–water partition coefficient (Wildman–Crippen LogP) is 4.01. The van der Waals surface area contributed by atoms with E-state index >= 15 is 0 Å². The number of H-pyrrole nitrogens is 2. The van der Waals surface area contributed by atoms with Crippen LogP contribution in [0.5, 0.6) is 0 Å². The van der Waals surface area contributed by atoms with Crippen LogP contribution in [-0.4, -0.2) is 30.1 Å². The van der Waals surface area contributed by atoms with Gasteiger partial charge in [0.1, 0.15) is 5.69 Å². The lowest BCUT2D eigenvalue weighted by molar-refractivity contribution is 1.06. The molecule has 0 unspecified atom stereocenters. The van der Waals surface area contributed by atoms with E-state index in [1.807, 2.05) is 43.6 Å². The van der Waals surface area contributed by atoms with E-state index in [1.165, 1.54) is 0 Å². The average molecular weight is 419 g/mol. The molecule has 6 nitrogen and oxygen atoms in total. The molecular formula is C26H22N6. The lowest BCUT2D eigenvalue weighted by atomic mass is 10.1. The second kappa shape index (κ2) is 8.07. The van der Waals surface area contributed by atoms with E-state index in [4.69, 9.17) is 0 Å². The SMILES string of the molecule is C=c1c(-c2cc3c(-c4ccncc4)nccc3[nH]2)n[nH]/c1=C/C=C(\C)c1cncc(C)c1. The van der Waals surface area contributed by atoms with E-state index in [1.54, 1.807) is 18.6 Å². The molecule has 0 atom stereocenters. The Morgan fingerprint density at radius 2 is 1.84 bits per heavy atom. The summed E-state index contributed by atoms with van der Waals surface area (Å²) in [6, 6.07) is 10.1. The first-order chi connectivity index (χ1) is 15.6. The molecule has 2 N–H and O–H groups in total. The number of fused-ring (bicyclic) bond motifs is 1. The van der Waals surface area contributed by atoms with Gasteiger partial charge in [-0.15, -0.1) is 0 Å². The summed E-state index contributed by atoms with van der Waals surface area (Å²) in [7, 11) is 0. The standard InChI is InChI=1S/C26H22N6/c1-16-12-20(15-28-14-16)17(2)4-5-22-18(3)25(32-31-22)24-13-21-23(30-24)8-11-29-26(21)19-6-9-27-10-7-19/h4-15,30-31H,3H2,1-2H3/b17-4+,22-5+. The zero-order chi connectivity index (χ0) is 22.1. The summed E-state index contributed by atoms with van der Waals surface area (Å²) < 4.78 is 0. The van der Waals surface area contributed by atoms with Crippen LogP contribution in [0.1, 0.15) is 18.1 Å². The highest BCUT2D eigenvalue weighted by Crippen LogP contribution is 2.28. The van der Waals surface area contributed by atoms with Crippen LogP contribution < -0.4 is 10.6 Å². The van der Waals surface area contributed by atoms with Crippen LogP contribution in [-0.2, 0) is 0 Å². The van der Waals surface area contributed by atoms with Gasteiger partial charge in [0.25, 0.3) is 0 Å². The van der Waals surface area contributed by atoms with Gasteiger partial charge in [0.05, 0.1) is 16.7 Å². The monoisotopic (exact) mass is 418 g/mol. The molecule has 0 saturated carbocycles. The molecule has 5 heterocycles. The first-order valence-electron chi connectivity index (χ1n) is 10.3. The summed E-state index contributed by atoms with van der Waals surface area (Å²) in [4.78, 5) is 16.4. The Morgan fingerprint density at radius 1 is 1.00 bits per heavy atom. The lowest BCUT2D eigenvalue weighted by Gasteiger charge is -2.01. The average Bonchev–Trinajstić information content (AvgIpc) is 3.41. The topological polar surface area (TPSA) is 83.1 Å². The molecule has 0 aromatic carbocycles. The molecule has 32 heavy (non-hydrogen) atoms. The van der Waals surface area contributed by atoms with E-state index in [9.17, 15) is 0 Å². The largest absolute Gasteiger partial charge is 0.353 e. The number of rotatable bonds is 4. The number of nitrogens with one attached hydrogen (secondary N) is 2. The van der Waals surface area contributed by atoms with Crippen LogP contribution in [0.2, 0.25) is 0 Å². The molecule has 5 aromatic rings. The first kappa shape index (κ1) is 19.6. The number of aryl methyl sites for hydroxylation is 1. The highest BCUT2D eigenvalue weighted by Gasteiger charge is 2.12. The molecule has 0 radical (unpaired) electrons. The van der Waals surface area contributed by atoms with Crippen molar-refractivity contribution in [3.8, 4) is 22.6 Å². The van der Waals surface area contributed by atoms with E-state index in [-0.39, 0.29) is 0 Å². The number of hydrogen-bond acceptors (Lipinski definition) is 4. The van der Waals surface area contributed by atoms with E-state index in [2.05, 4.69) is 61.8 Å². The summed E-state index contributed by atoms with van der Waals surface area (Å²) in [6.07, 6.45) is 13.1. The maximum Gasteiger partial charge on any atom is 0.116 e. The van der Waals surface area contributed by atoms with Crippen molar-refractivity contribution in [1.29, 1.82) is 0 Å². The second-order valence-electron chi connectivity index (χ2n) is 7.77. The van der Waals surface area contributed by atoms with E-state index in [0.717, 1.165) is 60.8 Å². The molecule has 156 valence electrons. The Balaban J connectivity index is 1.54. The number of hydrogen-bond donors (Lipinski definition) is 2. The van der Waals surface area contributed by atoms with Gasteiger partial charge >= 0.3 is 0 Å². The van der Waals surface area contributed by atoms with Gasteiger partial charge in [0.2, 0.25) is 0 Å². The predicted molar refractivity (Wildman–Crippen MR) is 129 cm³/mol. The van der Waals surface area contributed by atoms with Gasteiger partial charge in [-0.25, -0.2) is 0 Å². The zero-order valence-corrected chi connectivity index (χ0v) is 17.9. The summed E-state index contributed by atoms with van der Waals surface area (Å²) in [5.74, 6) is 0. The van der Waals surface area contributed by atoms with Crippen LogP contribution in [0.4, 0.5) is 0 Å². The van der Waals surface area contributed by atoms with Crippen molar-refractivity contribution in [3.05, 3.63) is 89.1 Å². The normalized spacial score (nSPS) is 12.6. The minimum Gasteiger partial charge on any atom is -0.353 e. The lowest BCUT2D eigenvalue weighted by Crippen LogP contribution is -2.21. The number of aromatic nitrogens is 6.